The molecule has 2 N–H and O–H groups in total. The minimum absolute atomic E-state index is 0.394. The number of anilines is 1. The molecule has 0 aromatic heterocycles. The highest BCUT2D eigenvalue weighted by molar-refractivity contribution is 5.43. The van der Waals surface area contributed by atoms with E-state index in [-0.39, 0.29) is 0 Å². The third-order valence-corrected chi connectivity index (χ3v) is 4.59. The van der Waals surface area contributed by atoms with E-state index in [1.807, 2.05) is 12.1 Å². The number of rotatable bonds is 5. The second-order valence-corrected chi connectivity index (χ2v) is 6.30. The Bertz CT molecular complexity index is 390. The van der Waals surface area contributed by atoms with Crippen molar-refractivity contribution in [2.75, 3.05) is 19.3 Å². The molecule has 18 heavy (non-hydrogen) atoms. The summed E-state index contributed by atoms with van der Waals surface area (Å²) in [5, 5.41) is 0. The molecule has 0 saturated heterocycles. The van der Waals surface area contributed by atoms with Gasteiger partial charge >= 0.3 is 0 Å². The third kappa shape index (κ3) is 2.69. The second kappa shape index (κ2) is 4.93. The molecule has 0 radical (unpaired) electrons. The lowest BCUT2D eigenvalue weighted by Crippen LogP contribution is -2.38. The first-order chi connectivity index (χ1) is 8.44. The number of hydrogen-bond donors (Lipinski definition) is 1. The Hall–Kier alpha value is -1.02. The predicted molar refractivity (Wildman–Crippen MR) is 78.7 cm³/mol. The summed E-state index contributed by atoms with van der Waals surface area (Å²) in [5.74, 6) is 0.706. The summed E-state index contributed by atoms with van der Waals surface area (Å²) in [6, 6.07) is 9.10. The molecule has 1 atom stereocenters. The smallest absolute Gasteiger partial charge is 0.0314 e. The Balaban J connectivity index is 2.06. The molecule has 0 amide bonds. The van der Waals surface area contributed by atoms with Crippen LogP contribution in [0.15, 0.2) is 24.3 Å². The fraction of sp³-hybridized carbons (Fsp3) is 0.625. The summed E-state index contributed by atoms with van der Waals surface area (Å²) in [6.07, 6.45) is 2.62. The zero-order chi connectivity index (χ0) is 13.3. The van der Waals surface area contributed by atoms with Crippen LogP contribution >= 0.6 is 0 Å². The van der Waals surface area contributed by atoms with Gasteiger partial charge in [-0.25, -0.2) is 0 Å². The fourth-order valence-corrected chi connectivity index (χ4v) is 2.66. The van der Waals surface area contributed by atoms with Gasteiger partial charge in [0.2, 0.25) is 0 Å². The highest BCUT2D eigenvalue weighted by Crippen LogP contribution is 2.49. The molecule has 1 aliphatic rings. The maximum Gasteiger partial charge on any atom is 0.0314 e. The van der Waals surface area contributed by atoms with Gasteiger partial charge in [-0.15, -0.1) is 0 Å². The van der Waals surface area contributed by atoms with Crippen LogP contribution in [0.25, 0.3) is 0 Å². The molecule has 1 fully saturated rings. The minimum Gasteiger partial charge on any atom is -0.399 e. The lowest BCUT2D eigenvalue weighted by atomic mass is 9.93. The summed E-state index contributed by atoms with van der Waals surface area (Å²) in [6.45, 7) is 8.08. The second-order valence-electron chi connectivity index (χ2n) is 6.30. The molecule has 2 rings (SSSR count). The first-order valence-electron chi connectivity index (χ1n) is 7.01. The highest BCUT2D eigenvalue weighted by atomic mass is 15.1. The monoisotopic (exact) mass is 246 g/mol. The first kappa shape index (κ1) is 13.4. The maximum absolute atomic E-state index is 5.77. The van der Waals surface area contributed by atoms with E-state index in [0.29, 0.717) is 17.4 Å². The van der Waals surface area contributed by atoms with Crippen LogP contribution in [0.2, 0.25) is 0 Å². The normalized spacial score (nSPS) is 19.2. The molecule has 2 heteroatoms. The van der Waals surface area contributed by atoms with E-state index in [9.17, 15) is 0 Å². The van der Waals surface area contributed by atoms with E-state index < -0.39 is 0 Å². The van der Waals surface area contributed by atoms with Crippen LogP contribution in [0.3, 0.4) is 0 Å². The lowest BCUT2D eigenvalue weighted by Gasteiger charge is -2.31. The van der Waals surface area contributed by atoms with E-state index in [4.69, 9.17) is 5.73 Å². The Kier molecular flexibility index (Phi) is 3.67. The predicted octanol–water partition coefficient (Wildman–Crippen LogP) is 3.28. The summed E-state index contributed by atoms with van der Waals surface area (Å²) in [7, 11) is 2.25. The molecular formula is C16H26N2. The fourth-order valence-electron chi connectivity index (χ4n) is 2.66. The molecule has 1 saturated carbocycles. The molecule has 1 aromatic rings. The van der Waals surface area contributed by atoms with Gasteiger partial charge in [0.05, 0.1) is 0 Å². The Morgan fingerprint density at radius 3 is 2.17 bits per heavy atom. The molecular weight excluding hydrogens is 220 g/mol. The van der Waals surface area contributed by atoms with Crippen LogP contribution in [0, 0.1) is 5.92 Å². The molecule has 2 nitrogen and oxygen atoms in total. The summed E-state index contributed by atoms with van der Waals surface area (Å²) in [5.41, 5.74) is 8.48. The van der Waals surface area contributed by atoms with Crippen molar-refractivity contribution in [3.05, 3.63) is 29.8 Å². The van der Waals surface area contributed by atoms with Crippen molar-refractivity contribution in [2.45, 2.75) is 45.1 Å². The largest absolute Gasteiger partial charge is 0.399 e. The third-order valence-electron chi connectivity index (χ3n) is 4.59. The Morgan fingerprint density at radius 1 is 1.17 bits per heavy atom. The summed E-state index contributed by atoms with van der Waals surface area (Å²) < 4.78 is 0. The molecule has 100 valence electrons. The number of nitrogens with two attached hydrogens (primary N) is 1. The Labute approximate surface area is 111 Å². The zero-order valence-corrected chi connectivity index (χ0v) is 12.1. The summed E-state index contributed by atoms with van der Waals surface area (Å²) in [4.78, 5) is 2.51. The van der Waals surface area contributed by atoms with Crippen molar-refractivity contribution in [2.24, 2.45) is 5.92 Å². The molecule has 1 unspecified atom stereocenters. The number of benzene rings is 1. The van der Waals surface area contributed by atoms with E-state index in [2.05, 4.69) is 44.9 Å². The average Bonchev–Trinajstić information content (AvgIpc) is 3.09. The van der Waals surface area contributed by atoms with Gasteiger partial charge in [-0.05, 0) is 50.4 Å². The molecule has 1 aromatic carbocycles. The molecule has 1 aliphatic carbocycles. The van der Waals surface area contributed by atoms with Crippen molar-refractivity contribution in [1.29, 1.82) is 0 Å². The Morgan fingerprint density at radius 2 is 1.72 bits per heavy atom. The van der Waals surface area contributed by atoms with Crippen molar-refractivity contribution < 1.29 is 0 Å². The van der Waals surface area contributed by atoms with Crippen molar-refractivity contribution in [1.82, 2.24) is 4.90 Å². The van der Waals surface area contributed by atoms with Crippen LogP contribution in [0.1, 0.15) is 39.2 Å². The van der Waals surface area contributed by atoms with Gasteiger partial charge < -0.3 is 10.6 Å². The van der Waals surface area contributed by atoms with Crippen LogP contribution in [-0.4, -0.2) is 24.5 Å². The van der Waals surface area contributed by atoms with Crippen LogP contribution < -0.4 is 5.73 Å². The van der Waals surface area contributed by atoms with E-state index in [0.717, 1.165) is 12.2 Å². The zero-order valence-electron chi connectivity index (χ0n) is 12.1. The van der Waals surface area contributed by atoms with Crippen molar-refractivity contribution in [3.8, 4) is 0 Å². The minimum atomic E-state index is 0.394. The highest BCUT2D eigenvalue weighted by Gasteiger charge is 2.45. The number of nitrogens with zero attached hydrogens (tertiary/aromatic N) is 1. The van der Waals surface area contributed by atoms with Gasteiger partial charge in [-0.2, -0.15) is 0 Å². The lowest BCUT2D eigenvalue weighted by molar-refractivity contribution is 0.191. The van der Waals surface area contributed by atoms with Gasteiger partial charge in [0, 0.05) is 23.7 Å². The van der Waals surface area contributed by atoms with Gasteiger partial charge in [-0.3, -0.25) is 0 Å². The van der Waals surface area contributed by atoms with Gasteiger partial charge in [-0.1, -0.05) is 26.0 Å². The van der Waals surface area contributed by atoms with Crippen LogP contribution in [-0.2, 0) is 5.41 Å². The van der Waals surface area contributed by atoms with Crippen molar-refractivity contribution in [3.63, 3.8) is 0 Å². The quantitative estimate of drug-likeness (QED) is 0.808. The maximum atomic E-state index is 5.77. The number of likely N-dealkylation sites (N-methyl/N-ethyl adjacent to an activating group) is 1. The van der Waals surface area contributed by atoms with Crippen LogP contribution in [0.5, 0.6) is 0 Å². The van der Waals surface area contributed by atoms with E-state index in [1.54, 1.807) is 0 Å². The van der Waals surface area contributed by atoms with Gasteiger partial charge in [0.25, 0.3) is 0 Å². The molecule has 0 bridgehead atoms. The standard InChI is InChI=1S/C16H26N2/c1-12(2)13(3)18(4)11-16(9-10-16)14-5-7-15(17)8-6-14/h5-8,12-13H,9-11,17H2,1-4H3. The SMILES string of the molecule is CC(C)C(C)N(C)CC1(c2ccc(N)cc2)CC1. The molecule has 0 spiro atoms. The summed E-state index contributed by atoms with van der Waals surface area (Å²) >= 11 is 0. The van der Waals surface area contributed by atoms with Crippen LogP contribution in [0.4, 0.5) is 5.69 Å². The first-order valence-corrected chi connectivity index (χ1v) is 7.01. The average molecular weight is 246 g/mol. The van der Waals surface area contributed by atoms with E-state index >= 15 is 0 Å². The van der Waals surface area contributed by atoms with Gasteiger partial charge in [0.15, 0.2) is 0 Å². The van der Waals surface area contributed by atoms with E-state index in [1.165, 1.54) is 18.4 Å². The number of nitrogen functional groups attached to an aromatic ring is 1. The topological polar surface area (TPSA) is 29.3 Å². The van der Waals surface area contributed by atoms with Gasteiger partial charge in [0.1, 0.15) is 0 Å². The molecule has 0 aliphatic heterocycles. The van der Waals surface area contributed by atoms with Crippen molar-refractivity contribution >= 4 is 5.69 Å². The number of hydrogen-bond acceptors (Lipinski definition) is 2. The molecule has 0 heterocycles.